The number of H-pyrrole nitrogens is 1. The second-order valence-corrected chi connectivity index (χ2v) is 17.9. The smallest absolute Gasteiger partial charge is 0.380 e. The number of carbonyl (C=O) groups excluding carboxylic acids is 1. The second-order valence-electron chi connectivity index (χ2n) is 12.3. The molecule has 0 bridgehead atoms. The summed E-state index contributed by atoms with van der Waals surface area (Å²) in [5, 5.41) is 6.61. The maximum Gasteiger partial charge on any atom is 0.423 e. The van der Waals surface area contributed by atoms with Crippen LogP contribution in [0.15, 0.2) is 35.5 Å². The molecule has 1 aliphatic heterocycles. The second kappa shape index (κ2) is 13.8. The summed E-state index contributed by atoms with van der Waals surface area (Å²) in [7, 11) is -1.42. The third kappa shape index (κ3) is 9.08. The van der Waals surface area contributed by atoms with Crippen molar-refractivity contribution >= 4 is 25.6 Å². The van der Waals surface area contributed by atoms with Crippen molar-refractivity contribution in [1.29, 1.82) is 0 Å². The van der Waals surface area contributed by atoms with E-state index in [1.807, 2.05) is 0 Å². The lowest BCUT2D eigenvalue weighted by Crippen LogP contribution is -2.49. The molecule has 0 aromatic carbocycles. The van der Waals surface area contributed by atoms with Crippen molar-refractivity contribution in [3.8, 4) is 0 Å². The zero-order valence-electron chi connectivity index (χ0n) is 25.8. The van der Waals surface area contributed by atoms with Crippen molar-refractivity contribution in [2.24, 2.45) is 0 Å². The minimum absolute atomic E-state index is 0.135. The van der Waals surface area contributed by atoms with Gasteiger partial charge in [-0.2, -0.15) is 31.4 Å². The van der Waals surface area contributed by atoms with Gasteiger partial charge in [-0.25, -0.2) is 14.6 Å². The number of nitrogens with one attached hydrogen (secondary N) is 2. The molecule has 1 amide bonds. The van der Waals surface area contributed by atoms with Gasteiger partial charge in [0.05, 0.1) is 17.4 Å². The summed E-state index contributed by atoms with van der Waals surface area (Å²) in [5.41, 5.74) is -3.24. The van der Waals surface area contributed by atoms with Crippen LogP contribution in [0.2, 0.25) is 25.7 Å². The molecule has 4 rings (SSSR count). The SMILES string of the molecule is CC(Cc1ccc(C(=O)N2CCN(c3ncc(C(F)(F)F)cn3)CC2)[nH]1)Nc1cnn(COCC[Si](C)(C)C)c(=O)c1C(F)(F)F. The van der Waals surface area contributed by atoms with Crippen molar-refractivity contribution in [2.45, 2.75) is 64.2 Å². The lowest BCUT2D eigenvalue weighted by atomic mass is 10.1. The maximum absolute atomic E-state index is 13.9. The Morgan fingerprint density at radius 3 is 2.26 bits per heavy atom. The molecule has 0 aliphatic carbocycles. The molecule has 0 saturated carbocycles. The van der Waals surface area contributed by atoms with E-state index in [1.54, 1.807) is 28.9 Å². The van der Waals surface area contributed by atoms with Gasteiger partial charge in [0.15, 0.2) is 0 Å². The van der Waals surface area contributed by atoms with Gasteiger partial charge in [0.1, 0.15) is 18.0 Å². The highest BCUT2D eigenvalue weighted by Gasteiger charge is 2.38. The Morgan fingerprint density at radius 1 is 1.02 bits per heavy atom. The largest absolute Gasteiger partial charge is 0.423 e. The number of nitrogens with zero attached hydrogens (tertiary/aromatic N) is 6. The first-order valence-electron chi connectivity index (χ1n) is 14.6. The molecule has 46 heavy (non-hydrogen) atoms. The van der Waals surface area contributed by atoms with E-state index in [4.69, 9.17) is 4.74 Å². The molecule has 1 fully saturated rings. The minimum atomic E-state index is -4.93. The van der Waals surface area contributed by atoms with Gasteiger partial charge in [-0.15, -0.1) is 0 Å². The predicted molar refractivity (Wildman–Crippen MR) is 160 cm³/mol. The number of amides is 1. The van der Waals surface area contributed by atoms with Gasteiger partial charge in [0.2, 0.25) is 5.95 Å². The Kier molecular flexibility index (Phi) is 10.5. The fraction of sp³-hybridized carbons (Fsp3) is 0.536. The summed E-state index contributed by atoms with van der Waals surface area (Å²) in [5.74, 6) is -0.171. The molecule has 1 saturated heterocycles. The van der Waals surface area contributed by atoms with Crippen molar-refractivity contribution in [3.05, 3.63) is 63.6 Å². The van der Waals surface area contributed by atoms with E-state index in [-0.39, 0.29) is 43.8 Å². The molecule has 1 unspecified atom stereocenters. The highest BCUT2D eigenvalue weighted by atomic mass is 28.3. The number of carbonyl (C=O) groups is 1. The molecular weight excluding hydrogens is 638 g/mol. The van der Waals surface area contributed by atoms with Gasteiger partial charge in [-0.3, -0.25) is 9.59 Å². The van der Waals surface area contributed by atoms with Crippen LogP contribution in [0.1, 0.15) is 34.2 Å². The van der Waals surface area contributed by atoms with Crippen LogP contribution < -0.4 is 15.8 Å². The first-order valence-corrected chi connectivity index (χ1v) is 18.3. The third-order valence-electron chi connectivity index (χ3n) is 7.26. The Balaban J connectivity index is 1.34. The number of halogens is 6. The summed E-state index contributed by atoms with van der Waals surface area (Å²) < 4.78 is 86.3. The molecule has 4 heterocycles. The fourth-order valence-electron chi connectivity index (χ4n) is 4.73. The zero-order valence-corrected chi connectivity index (χ0v) is 26.8. The van der Waals surface area contributed by atoms with Crippen LogP contribution in [0.3, 0.4) is 0 Å². The molecule has 2 N–H and O–H groups in total. The number of rotatable bonds is 11. The first kappa shape index (κ1) is 34.9. The molecule has 3 aromatic heterocycles. The van der Waals surface area contributed by atoms with Crippen LogP contribution >= 0.6 is 0 Å². The van der Waals surface area contributed by atoms with Crippen LogP contribution in [-0.2, 0) is 30.2 Å². The number of aromatic amines is 1. The summed E-state index contributed by atoms with van der Waals surface area (Å²) >= 11 is 0. The Morgan fingerprint density at radius 2 is 1.67 bits per heavy atom. The van der Waals surface area contributed by atoms with E-state index in [2.05, 4.69) is 45.0 Å². The number of hydrogen-bond acceptors (Lipinski definition) is 8. The number of aromatic nitrogens is 5. The van der Waals surface area contributed by atoms with Gasteiger partial charge in [-0.1, -0.05) is 19.6 Å². The molecule has 1 atom stereocenters. The van der Waals surface area contributed by atoms with E-state index in [1.165, 1.54) is 0 Å². The summed E-state index contributed by atoms with van der Waals surface area (Å²) in [6, 6.07) is 3.42. The molecule has 252 valence electrons. The number of ether oxygens (including phenoxy) is 1. The fourth-order valence-corrected chi connectivity index (χ4v) is 5.49. The average Bonchev–Trinajstić information content (AvgIpc) is 3.42. The van der Waals surface area contributed by atoms with Gasteiger partial charge < -0.3 is 24.8 Å². The van der Waals surface area contributed by atoms with Crippen molar-refractivity contribution in [1.82, 2.24) is 29.6 Å². The van der Waals surface area contributed by atoms with Crippen molar-refractivity contribution < 1.29 is 35.9 Å². The van der Waals surface area contributed by atoms with E-state index in [0.717, 1.165) is 24.6 Å². The topological polar surface area (TPSA) is 121 Å². The lowest BCUT2D eigenvalue weighted by molar-refractivity contribution is -0.139. The monoisotopic (exact) mass is 674 g/mol. The summed E-state index contributed by atoms with van der Waals surface area (Å²) in [4.78, 5) is 39.6. The Labute approximate surface area is 262 Å². The lowest BCUT2D eigenvalue weighted by Gasteiger charge is -2.34. The molecular formula is C28H36F6N8O3Si. The minimum Gasteiger partial charge on any atom is -0.380 e. The summed E-state index contributed by atoms with van der Waals surface area (Å²) in [6.07, 6.45) is -6.87. The molecule has 0 radical (unpaired) electrons. The zero-order chi connectivity index (χ0) is 33.9. The van der Waals surface area contributed by atoms with Gasteiger partial charge >= 0.3 is 12.4 Å². The van der Waals surface area contributed by atoms with Crippen LogP contribution in [0.25, 0.3) is 0 Å². The molecule has 18 heteroatoms. The van der Waals surface area contributed by atoms with Crippen LogP contribution in [0, 0.1) is 0 Å². The van der Waals surface area contributed by atoms with E-state index >= 15 is 0 Å². The maximum atomic E-state index is 13.9. The number of hydrogen-bond donors (Lipinski definition) is 2. The van der Waals surface area contributed by atoms with Gasteiger partial charge in [-0.05, 0) is 25.1 Å². The first-order chi connectivity index (χ1) is 21.4. The Hall–Kier alpha value is -3.93. The third-order valence-corrected chi connectivity index (χ3v) is 8.96. The molecule has 0 spiro atoms. The highest BCUT2D eigenvalue weighted by Crippen LogP contribution is 2.32. The molecule has 3 aromatic rings. The van der Waals surface area contributed by atoms with Crippen molar-refractivity contribution in [3.63, 3.8) is 0 Å². The standard InChI is InChI=1S/C28H36F6N8O3Si/c1-18(38-22-16-37-42(17-45-11-12-46(2,3)4)25(44)23(22)28(32,33)34)13-20-5-6-21(39-20)24(43)40-7-9-41(10-8-40)26-35-14-19(15-36-26)27(29,30)31/h5-6,14-16,18,38-39H,7-13,17H2,1-4H3. The normalized spacial score (nSPS) is 15.3. The van der Waals surface area contributed by atoms with E-state index in [9.17, 15) is 35.9 Å². The number of piperazine rings is 1. The quantitative estimate of drug-likeness (QED) is 0.170. The molecule has 11 nitrogen and oxygen atoms in total. The number of alkyl halides is 6. The van der Waals surface area contributed by atoms with Gasteiger partial charge in [0.25, 0.3) is 11.5 Å². The van der Waals surface area contributed by atoms with E-state index < -0.39 is 48.8 Å². The van der Waals surface area contributed by atoms with Crippen LogP contribution in [0.4, 0.5) is 38.0 Å². The highest BCUT2D eigenvalue weighted by molar-refractivity contribution is 6.76. The van der Waals surface area contributed by atoms with Crippen molar-refractivity contribution in [2.75, 3.05) is 43.0 Å². The van der Waals surface area contributed by atoms with Crippen LogP contribution in [-0.4, -0.2) is 82.4 Å². The van der Waals surface area contributed by atoms with E-state index in [0.29, 0.717) is 30.1 Å². The van der Waals surface area contributed by atoms with Gasteiger partial charge in [0, 0.05) is 71.4 Å². The average molecular weight is 675 g/mol. The molecule has 1 aliphatic rings. The summed E-state index contributed by atoms with van der Waals surface area (Å²) in [6.45, 7) is 9.12. The predicted octanol–water partition coefficient (Wildman–Crippen LogP) is 4.72. The Bertz CT molecular complexity index is 1540. The van der Waals surface area contributed by atoms with Crippen LogP contribution in [0.5, 0.6) is 0 Å². The number of anilines is 2.